The number of hydrogen-bond donors (Lipinski definition) is 1. The van der Waals surface area contributed by atoms with Gasteiger partial charge >= 0.3 is 0 Å². The molecular weight excluding hydrogens is 460 g/mol. The molecule has 0 atom stereocenters. The Bertz CT molecular complexity index is 1410. The monoisotopic (exact) mass is 478 g/mol. The summed E-state index contributed by atoms with van der Waals surface area (Å²) in [4.78, 5) is 13.3. The smallest absolute Gasteiger partial charge is 0.290 e. The SMILES string of the molecule is CCOc1ccc(-n2c(O)c(N=Nc3ccc(Cl)cc3)c(=O)n(-c3ccccc3)c2=S)cc1. The number of aromatic nitrogens is 2. The molecule has 0 amide bonds. The van der Waals surface area contributed by atoms with Crippen LogP contribution in [0.25, 0.3) is 11.4 Å². The van der Waals surface area contributed by atoms with Crippen molar-refractivity contribution in [3.05, 3.63) is 99.0 Å². The number of halogens is 1. The predicted molar refractivity (Wildman–Crippen MR) is 131 cm³/mol. The van der Waals surface area contributed by atoms with Gasteiger partial charge in [0.15, 0.2) is 4.77 Å². The Labute approximate surface area is 199 Å². The lowest BCUT2D eigenvalue weighted by molar-refractivity contribution is 0.340. The molecule has 1 N–H and O–H groups in total. The second-order valence-electron chi connectivity index (χ2n) is 6.87. The van der Waals surface area contributed by atoms with Crippen LogP contribution in [0.1, 0.15) is 6.92 Å². The molecule has 1 aromatic heterocycles. The fourth-order valence-corrected chi connectivity index (χ4v) is 3.69. The quantitative estimate of drug-likeness (QED) is 0.252. The Hall–Kier alpha value is -3.75. The minimum Gasteiger partial charge on any atom is -0.494 e. The van der Waals surface area contributed by atoms with Crippen molar-refractivity contribution in [2.45, 2.75) is 6.92 Å². The van der Waals surface area contributed by atoms with Crippen LogP contribution in [0, 0.1) is 4.77 Å². The van der Waals surface area contributed by atoms with Crippen LogP contribution in [0.2, 0.25) is 5.02 Å². The summed E-state index contributed by atoms with van der Waals surface area (Å²) in [5, 5.41) is 19.8. The summed E-state index contributed by atoms with van der Waals surface area (Å²) in [7, 11) is 0. The van der Waals surface area contributed by atoms with Crippen molar-refractivity contribution < 1.29 is 9.84 Å². The van der Waals surface area contributed by atoms with E-state index >= 15 is 0 Å². The molecule has 166 valence electrons. The van der Waals surface area contributed by atoms with Crippen molar-refractivity contribution in [1.29, 1.82) is 0 Å². The molecule has 33 heavy (non-hydrogen) atoms. The molecular formula is C24H19ClN4O3S. The van der Waals surface area contributed by atoms with Gasteiger partial charge in [-0.1, -0.05) is 29.8 Å². The lowest BCUT2D eigenvalue weighted by Gasteiger charge is -2.16. The van der Waals surface area contributed by atoms with Crippen LogP contribution in [0.15, 0.2) is 93.9 Å². The van der Waals surface area contributed by atoms with Gasteiger partial charge in [0.25, 0.3) is 5.56 Å². The maximum absolute atomic E-state index is 13.3. The third-order valence-electron chi connectivity index (χ3n) is 4.72. The summed E-state index contributed by atoms with van der Waals surface area (Å²) in [6.07, 6.45) is 0. The fraction of sp³-hybridized carbons (Fsp3) is 0.0833. The van der Waals surface area contributed by atoms with Gasteiger partial charge in [0.2, 0.25) is 11.6 Å². The number of rotatable bonds is 6. The number of nitrogens with zero attached hydrogens (tertiary/aromatic N) is 4. The van der Waals surface area contributed by atoms with Gasteiger partial charge in [-0.05, 0) is 79.8 Å². The Balaban J connectivity index is 1.94. The molecule has 0 radical (unpaired) electrons. The topological polar surface area (TPSA) is 81.1 Å². The molecule has 0 fully saturated rings. The van der Waals surface area contributed by atoms with Crippen molar-refractivity contribution >= 4 is 35.2 Å². The molecule has 4 aromatic rings. The number of azo groups is 1. The van der Waals surface area contributed by atoms with E-state index < -0.39 is 11.4 Å². The van der Waals surface area contributed by atoms with Crippen molar-refractivity contribution in [2.24, 2.45) is 10.2 Å². The molecule has 0 spiro atoms. The van der Waals surface area contributed by atoms with Gasteiger partial charge in [-0.3, -0.25) is 13.9 Å². The van der Waals surface area contributed by atoms with E-state index in [0.29, 0.717) is 34.4 Å². The van der Waals surface area contributed by atoms with E-state index in [9.17, 15) is 9.90 Å². The summed E-state index contributed by atoms with van der Waals surface area (Å²) < 4.78 is 8.25. The molecule has 0 saturated carbocycles. The van der Waals surface area contributed by atoms with Gasteiger partial charge < -0.3 is 9.84 Å². The van der Waals surface area contributed by atoms with Gasteiger partial charge in [0, 0.05) is 5.02 Å². The number of aromatic hydroxyl groups is 1. The van der Waals surface area contributed by atoms with E-state index in [1.165, 1.54) is 9.13 Å². The second kappa shape index (κ2) is 9.81. The van der Waals surface area contributed by atoms with Crippen LogP contribution in [-0.2, 0) is 0 Å². The van der Waals surface area contributed by atoms with E-state index in [1.54, 1.807) is 72.8 Å². The standard InChI is InChI=1S/C24H19ClN4O3S/c1-2-32-20-14-12-19(13-15-20)29-23(31)21(27-26-17-10-8-16(25)9-11-17)22(30)28(24(29)33)18-6-4-3-5-7-18/h3-15,31H,2H2,1H3. The molecule has 9 heteroatoms. The van der Waals surface area contributed by atoms with Gasteiger partial charge in [-0.2, -0.15) is 5.11 Å². The zero-order valence-corrected chi connectivity index (χ0v) is 19.1. The first-order chi connectivity index (χ1) is 16.0. The average Bonchev–Trinajstić information content (AvgIpc) is 2.82. The van der Waals surface area contributed by atoms with Crippen LogP contribution in [0.5, 0.6) is 11.6 Å². The van der Waals surface area contributed by atoms with E-state index in [2.05, 4.69) is 10.2 Å². The van der Waals surface area contributed by atoms with Crippen LogP contribution in [-0.4, -0.2) is 20.8 Å². The van der Waals surface area contributed by atoms with Crippen LogP contribution >= 0.6 is 23.8 Å². The van der Waals surface area contributed by atoms with Gasteiger partial charge in [0.1, 0.15) is 5.75 Å². The highest BCUT2D eigenvalue weighted by Gasteiger charge is 2.19. The lowest BCUT2D eigenvalue weighted by Crippen LogP contribution is -2.23. The maximum Gasteiger partial charge on any atom is 0.290 e. The molecule has 0 unspecified atom stereocenters. The van der Waals surface area contributed by atoms with Crippen molar-refractivity contribution in [3.63, 3.8) is 0 Å². The second-order valence-corrected chi connectivity index (χ2v) is 7.67. The normalized spacial score (nSPS) is 11.1. The average molecular weight is 479 g/mol. The summed E-state index contributed by atoms with van der Waals surface area (Å²) >= 11 is 11.5. The lowest BCUT2D eigenvalue weighted by atomic mass is 10.3. The van der Waals surface area contributed by atoms with Gasteiger partial charge in [0.05, 0.1) is 23.7 Å². The summed E-state index contributed by atoms with van der Waals surface area (Å²) in [6, 6.07) is 22.5. The van der Waals surface area contributed by atoms with Gasteiger partial charge in [-0.15, -0.1) is 5.11 Å². The van der Waals surface area contributed by atoms with Crippen molar-refractivity contribution in [2.75, 3.05) is 6.61 Å². The van der Waals surface area contributed by atoms with E-state index in [-0.39, 0.29) is 10.5 Å². The largest absolute Gasteiger partial charge is 0.494 e. The first-order valence-electron chi connectivity index (χ1n) is 10.1. The molecule has 4 rings (SSSR count). The third-order valence-corrected chi connectivity index (χ3v) is 5.34. The number of para-hydroxylation sites is 1. The van der Waals surface area contributed by atoms with Crippen molar-refractivity contribution in [3.8, 4) is 23.0 Å². The molecule has 0 bridgehead atoms. The molecule has 0 aliphatic heterocycles. The minimum atomic E-state index is -0.594. The molecule has 1 heterocycles. The zero-order chi connectivity index (χ0) is 23.4. The summed E-state index contributed by atoms with van der Waals surface area (Å²) in [5.41, 5.74) is 0.697. The summed E-state index contributed by atoms with van der Waals surface area (Å²) in [6.45, 7) is 2.42. The predicted octanol–water partition coefficient (Wildman–Crippen LogP) is 6.53. The summed E-state index contributed by atoms with van der Waals surface area (Å²) in [5.74, 6) is 0.255. The third kappa shape index (κ3) is 4.72. The Morgan fingerprint density at radius 1 is 0.909 bits per heavy atom. The molecule has 3 aromatic carbocycles. The van der Waals surface area contributed by atoms with Crippen LogP contribution in [0.4, 0.5) is 11.4 Å². The van der Waals surface area contributed by atoms with E-state index in [0.717, 1.165) is 0 Å². The number of hydrogen-bond acceptors (Lipinski definition) is 6. The number of benzene rings is 3. The van der Waals surface area contributed by atoms with E-state index in [1.807, 2.05) is 13.0 Å². The first kappa shape index (κ1) is 22.4. The molecule has 7 nitrogen and oxygen atoms in total. The minimum absolute atomic E-state index is 0.0818. The molecule has 0 saturated heterocycles. The Morgan fingerprint density at radius 2 is 1.55 bits per heavy atom. The van der Waals surface area contributed by atoms with Crippen molar-refractivity contribution in [1.82, 2.24) is 9.13 Å². The first-order valence-corrected chi connectivity index (χ1v) is 10.8. The molecule has 0 aliphatic rings. The highest BCUT2D eigenvalue weighted by Crippen LogP contribution is 2.30. The highest BCUT2D eigenvalue weighted by atomic mass is 35.5. The van der Waals surface area contributed by atoms with Crippen LogP contribution in [0.3, 0.4) is 0 Å². The maximum atomic E-state index is 13.3. The van der Waals surface area contributed by atoms with Crippen LogP contribution < -0.4 is 10.3 Å². The number of ether oxygens (including phenoxy) is 1. The van der Waals surface area contributed by atoms with Gasteiger partial charge in [-0.25, -0.2) is 0 Å². The molecule has 0 aliphatic carbocycles. The van der Waals surface area contributed by atoms with E-state index in [4.69, 9.17) is 28.6 Å². The Morgan fingerprint density at radius 3 is 2.18 bits per heavy atom. The zero-order valence-electron chi connectivity index (χ0n) is 17.6. The Kier molecular flexibility index (Phi) is 6.67. The highest BCUT2D eigenvalue weighted by molar-refractivity contribution is 7.71. The fourth-order valence-electron chi connectivity index (χ4n) is 3.18.